The topological polar surface area (TPSA) is 101 Å². The number of hydrogen-bond acceptors (Lipinski definition) is 5. The van der Waals surface area contributed by atoms with E-state index in [0.717, 1.165) is 5.69 Å². The van der Waals surface area contributed by atoms with Gasteiger partial charge >= 0.3 is 0 Å². The van der Waals surface area contributed by atoms with Crippen molar-refractivity contribution < 1.29 is 4.92 Å². The predicted molar refractivity (Wildman–Crippen MR) is 78.7 cm³/mol. The van der Waals surface area contributed by atoms with Gasteiger partial charge in [0.15, 0.2) is 5.43 Å². The van der Waals surface area contributed by atoms with Gasteiger partial charge in [-0.1, -0.05) is 18.2 Å². The molecule has 1 aromatic carbocycles. The monoisotopic (exact) mass is 282 g/mol. The predicted octanol–water partition coefficient (Wildman–Crippen LogP) is 2.57. The third-order valence-electron chi connectivity index (χ3n) is 2.95. The zero-order valence-electron chi connectivity index (χ0n) is 10.7. The van der Waals surface area contributed by atoms with Crippen molar-refractivity contribution in [1.29, 1.82) is 0 Å². The van der Waals surface area contributed by atoms with Crippen molar-refractivity contribution in [3.8, 4) is 0 Å². The molecule has 0 fully saturated rings. The molecule has 2 heterocycles. The summed E-state index contributed by atoms with van der Waals surface area (Å²) in [7, 11) is 0. The molecule has 0 aliphatic rings. The molecule has 0 saturated heterocycles. The highest BCUT2D eigenvalue weighted by molar-refractivity contribution is 5.86. The summed E-state index contributed by atoms with van der Waals surface area (Å²) in [5.74, 6) is 0.423. The first-order valence-corrected chi connectivity index (χ1v) is 6.13. The molecular weight excluding hydrogens is 272 g/mol. The maximum Gasteiger partial charge on any atom is 0.285 e. The number of aromatic amines is 1. The fourth-order valence-electron chi connectivity index (χ4n) is 2.05. The standard InChI is InChI=1S/C14H10N4O3/c19-11-8-12(16-9-4-2-1-3-5-9)17-14-13(11)10(18(20)21)6-7-15-14/h1-8H,(H2,15,16,17,19). The van der Waals surface area contributed by atoms with Gasteiger partial charge < -0.3 is 10.3 Å². The summed E-state index contributed by atoms with van der Waals surface area (Å²) < 4.78 is 0. The molecule has 0 unspecified atom stereocenters. The van der Waals surface area contributed by atoms with Crippen LogP contribution in [0.15, 0.2) is 53.5 Å². The van der Waals surface area contributed by atoms with Crippen LogP contribution in [0.4, 0.5) is 17.2 Å². The highest BCUT2D eigenvalue weighted by Crippen LogP contribution is 2.21. The Balaban J connectivity index is 2.12. The Bertz CT molecular complexity index is 874. The molecule has 0 radical (unpaired) electrons. The number of pyridine rings is 2. The van der Waals surface area contributed by atoms with E-state index in [-0.39, 0.29) is 16.7 Å². The van der Waals surface area contributed by atoms with E-state index in [1.54, 1.807) is 0 Å². The van der Waals surface area contributed by atoms with Crippen LogP contribution in [0.25, 0.3) is 11.0 Å². The van der Waals surface area contributed by atoms with Crippen LogP contribution in [0, 0.1) is 10.1 Å². The van der Waals surface area contributed by atoms with Crippen LogP contribution in [0.2, 0.25) is 0 Å². The summed E-state index contributed by atoms with van der Waals surface area (Å²) in [6.45, 7) is 0. The second-order valence-electron chi connectivity index (χ2n) is 4.35. The van der Waals surface area contributed by atoms with Gasteiger partial charge in [0.2, 0.25) is 0 Å². The zero-order chi connectivity index (χ0) is 14.8. The molecule has 0 aliphatic heterocycles. The number of nitro groups is 1. The van der Waals surface area contributed by atoms with Crippen LogP contribution in [-0.2, 0) is 0 Å². The molecule has 104 valence electrons. The van der Waals surface area contributed by atoms with Crippen molar-refractivity contribution in [2.24, 2.45) is 0 Å². The van der Waals surface area contributed by atoms with Crippen LogP contribution < -0.4 is 10.7 Å². The van der Waals surface area contributed by atoms with E-state index in [1.165, 1.54) is 18.3 Å². The lowest BCUT2D eigenvalue weighted by molar-refractivity contribution is -0.383. The van der Waals surface area contributed by atoms with Crippen molar-refractivity contribution in [2.75, 3.05) is 5.32 Å². The fraction of sp³-hybridized carbons (Fsp3) is 0. The number of nitrogens with one attached hydrogen (secondary N) is 2. The number of hydrogen-bond donors (Lipinski definition) is 2. The smallest absolute Gasteiger partial charge is 0.285 e. The number of benzene rings is 1. The molecule has 0 aliphatic carbocycles. The number of anilines is 2. The highest BCUT2D eigenvalue weighted by Gasteiger charge is 2.16. The lowest BCUT2D eigenvalue weighted by atomic mass is 10.2. The first kappa shape index (κ1) is 12.8. The highest BCUT2D eigenvalue weighted by atomic mass is 16.6. The maximum absolute atomic E-state index is 12.1. The Kier molecular flexibility index (Phi) is 3.07. The van der Waals surface area contributed by atoms with Gasteiger partial charge in [-0.25, -0.2) is 4.98 Å². The van der Waals surface area contributed by atoms with Gasteiger partial charge in [0.05, 0.1) is 4.92 Å². The molecule has 7 heteroatoms. The summed E-state index contributed by atoms with van der Waals surface area (Å²) in [6.07, 6.45) is 1.29. The number of rotatable bonds is 3. The average Bonchev–Trinajstić information content (AvgIpc) is 2.47. The van der Waals surface area contributed by atoms with Crippen LogP contribution in [0.5, 0.6) is 0 Å². The minimum absolute atomic E-state index is 0.0267. The Morgan fingerprint density at radius 1 is 1.19 bits per heavy atom. The Morgan fingerprint density at radius 2 is 1.95 bits per heavy atom. The number of H-pyrrole nitrogens is 1. The zero-order valence-corrected chi connectivity index (χ0v) is 10.7. The third kappa shape index (κ3) is 2.44. The van der Waals surface area contributed by atoms with Gasteiger partial charge in [-0.2, -0.15) is 0 Å². The van der Waals surface area contributed by atoms with E-state index in [2.05, 4.69) is 15.3 Å². The van der Waals surface area contributed by atoms with Crippen molar-refractivity contribution in [2.45, 2.75) is 0 Å². The van der Waals surface area contributed by atoms with Crippen molar-refractivity contribution >= 4 is 28.2 Å². The maximum atomic E-state index is 12.1. The summed E-state index contributed by atoms with van der Waals surface area (Å²) in [5.41, 5.74) is 0.252. The van der Waals surface area contributed by atoms with E-state index >= 15 is 0 Å². The molecule has 21 heavy (non-hydrogen) atoms. The lowest BCUT2D eigenvalue weighted by Gasteiger charge is -2.07. The van der Waals surface area contributed by atoms with E-state index in [0.29, 0.717) is 5.82 Å². The average molecular weight is 282 g/mol. The SMILES string of the molecule is O=c1cc(Nc2ccccc2)[nH]c2nccc([N+](=O)[O-])c12. The molecule has 0 bridgehead atoms. The molecule has 2 N–H and O–H groups in total. The number of aromatic nitrogens is 2. The number of nitrogens with zero attached hydrogens (tertiary/aromatic N) is 2. The minimum atomic E-state index is -0.594. The summed E-state index contributed by atoms with van der Waals surface area (Å²) in [4.78, 5) is 29.3. The molecule has 0 saturated carbocycles. The van der Waals surface area contributed by atoms with Crippen molar-refractivity contribution in [3.05, 3.63) is 69.0 Å². The van der Waals surface area contributed by atoms with Gasteiger partial charge in [-0.15, -0.1) is 0 Å². The minimum Gasteiger partial charge on any atom is -0.342 e. The lowest BCUT2D eigenvalue weighted by Crippen LogP contribution is -2.08. The van der Waals surface area contributed by atoms with Gasteiger partial charge in [0, 0.05) is 24.0 Å². The Labute approximate surface area is 118 Å². The van der Waals surface area contributed by atoms with Crippen LogP contribution in [0.3, 0.4) is 0 Å². The molecule has 2 aromatic heterocycles. The number of para-hydroxylation sites is 1. The fourth-order valence-corrected chi connectivity index (χ4v) is 2.05. The largest absolute Gasteiger partial charge is 0.342 e. The first-order valence-electron chi connectivity index (χ1n) is 6.13. The second-order valence-corrected chi connectivity index (χ2v) is 4.35. The first-order chi connectivity index (χ1) is 10.1. The molecule has 7 nitrogen and oxygen atoms in total. The molecular formula is C14H10N4O3. The van der Waals surface area contributed by atoms with Gasteiger partial charge in [-0.3, -0.25) is 14.9 Å². The van der Waals surface area contributed by atoms with E-state index < -0.39 is 10.4 Å². The Hall–Kier alpha value is -3.22. The van der Waals surface area contributed by atoms with Crippen LogP contribution in [0.1, 0.15) is 0 Å². The summed E-state index contributed by atoms with van der Waals surface area (Å²) in [5, 5.41) is 13.9. The normalized spacial score (nSPS) is 10.5. The summed E-state index contributed by atoms with van der Waals surface area (Å²) in [6, 6.07) is 11.7. The van der Waals surface area contributed by atoms with E-state index in [9.17, 15) is 14.9 Å². The molecule has 0 atom stereocenters. The Morgan fingerprint density at radius 3 is 2.67 bits per heavy atom. The van der Waals surface area contributed by atoms with Crippen LogP contribution in [-0.4, -0.2) is 14.9 Å². The van der Waals surface area contributed by atoms with Crippen molar-refractivity contribution in [3.63, 3.8) is 0 Å². The van der Waals surface area contributed by atoms with Gasteiger partial charge in [0.25, 0.3) is 5.69 Å². The second kappa shape index (κ2) is 5.04. The molecule has 0 amide bonds. The summed E-state index contributed by atoms with van der Waals surface area (Å²) >= 11 is 0. The molecule has 3 aromatic rings. The molecule has 0 spiro atoms. The van der Waals surface area contributed by atoms with Gasteiger partial charge in [0.1, 0.15) is 16.9 Å². The third-order valence-corrected chi connectivity index (χ3v) is 2.95. The van der Waals surface area contributed by atoms with E-state index in [1.807, 2.05) is 30.3 Å². The van der Waals surface area contributed by atoms with Crippen molar-refractivity contribution in [1.82, 2.24) is 9.97 Å². The van der Waals surface area contributed by atoms with E-state index in [4.69, 9.17) is 0 Å². The van der Waals surface area contributed by atoms with Gasteiger partial charge in [-0.05, 0) is 12.1 Å². The number of fused-ring (bicyclic) bond motifs is 1. The van der Waals surface area contributed by atoms with Crippen LogP contribution >= 0.6 is 0 Å². The quantitative estimate of drug-likeness (QED) is 0.568. The molecule has 3 rings (SSSR count).